The van der Waals surface area contributed by atoms with Gasteiger partial charge in [-0.15, -0.1) is 0 Å². The summed E-state index contributed by atoms with van der Waals surface area (Å²) in [6, 6.07) is 12.5. The molecule has 1 saturated carbocycles. The normalized spacial score (nSPS) is 16.9. The minimum Gasteiger partial charge on any atom is -0.487 e. The summed E-state index contributed by atoms with van der Waals surface area (Å²) in [6.07, 6.45) is 8.24. The van der Waals surface area contributed by atoms with Crippen LogP contribution in [0.15, 0.2) is 42.6 Å². The number of H-pyrrole nitrogens is 1. The van der Waals surface area contributed by atoms with Crippen molar-refractivity contribution < 1.29 is 9.47 Å². The second kappa shape index (κ2) is 9.19. The van der Waals surface area contributed by atoms with Gasteiger partial charge in [0, 0.05) is 30.3 Å². The van der Waals surface area contributed by atoms with Gasteiger partial charge >= 0.3 is 0 Å². The third-order valence-electron chi connectivity index (χ3n) is 5.92. The van der Waals surface area contributed by atoms with Crippen LogP contribution in [0.5, 0.6) is 5.75 Å². The second-order valence-electron chi connectivity index (χ2n) is 8.18. The zero-order valence-electron chi connectivity index (χ0n) is 17.2. The molecule has 2 aromatic heterocycles. The lowest BCUT2D eigenvalue weighted by Crippen LogP contribution is -2.18. The van der Waals surface area contributed by atoms with E-state index >= 15 is 0 Å². The van der Waals surface area contributed by atoms with Gasteiger partial charge in [-0.2, -0.15) is 0 Å². The molecule has 29 heavy (non-hydrogen) atoms. The quantitative estimate of drug-likeness (QED) is 0.469. The molecule has 3 aromatic rings. The van der Waals surface area contributed by atoms with E-state index in [0.717, 1.165) is 23.4 Å². The molecule has 1 aliphatic rings. The van der Waals surface area contributed by atoms with E-state index in [0.29, 0.717) is 17.4 Å². The fourth-order valence-corrected chi connectivity index (χ4v) is 4.74. The Morgan fingerprint density at radius 1 is 1.21 bits per heavy atom. The molecule has 0 amide bonds. The van der Waals surface area contributed by atoms with Crippen LogP contribution in [0.1, 0.15) is 56.2 Å². The summed E-state index contributed by atoms with van der Waals surface area (Å²) in [5, 5.41) is 1.80. The molecule has 0 radical (unpaired) electrons. The first-order valence-electron chi connectivity index (χ1n) is 10.5. The monoisotopic (exact) mass is 412 g/mol. The smallest absolute Gasteiger partial charge is 0.138 e. The van der Waals surface area contributed by atoms with Gasteiger partial charge in [-0.1, -0.05) is 43.4 Å². The average molecular weight is 413 g/mol. The largest absolute Gasteiger partial charge is 0.487 e. The molecule has 1 aliphatic carbocycles. The van der Waals surface area contributed by atoms with E-state index in [1.807, 2.05) is 25.3 Å². The standard InChI is InChI=1S/C24H29ClN2O2/c1-16(15-28-2)29-23-10-9-18(13-21(23)25)20(12-17-6-3-4-7-17)22-14-19-8-5-11-26-24(19)27-22/h5,8-11,13-14,16-17,20H,3-4,6-7,12,15H2,1-2H3,(H,26,27). The van der Waals surface area contributed by atoms with Crippen LogP contribution in [0.4, 0.5) is 0 Å². The van der Waals surface area contributed by atoms with E-state index in [-0.39, 0.29) is 12.0 Å². The number of benzene rings is 1. The van der Waals surface area contributed by atoms with Crippen molar-refractivity contribution in [2.24, 2.45) is 5.92 Å². The minimum absolute atomic E-state index is 0.0441. The van der Waals surface area contributed by atoms with Crippen LogP contribution in [0.2, 0.25) is 5.02 Å². The maximum atomic E-state index is 6.61. The summed E-state index contributed by atoms with van der Waals surface area (Å²) in [7, 11) is 1.67. The Morgan fingerprint density at radius 2 is 2.03 bits per heavy atom. The van der Waals surface area contributed by atoms with Crippen molar-refractivity contribution in [2.45, 2.75) is 51.0 Å². The van der Waals surface area contributed by atoms with Crippen molar-refractivity contribution >= 4 is 22.6 Å². The number of fused-ring (bicyclic) bond motifs is 1. The molecule has 4 rings (SSSR count). The van der Waals surface area contributed by atoms with E-state index < -0.39 is 0 Å². The number of rotatable bonds is 8. The van der Waals surface area contributed by atoms with Gasteiger partial charge in [0.15, 0.2) is 0 Å². The number of aromatic nitrogens is 2. The molecular weight excluding hydrogens is 384 g/mol. The van der Waals surface area contributed by atoms with Crippen molar-refractivity contribution in [3.63, 3.8) is 0 Å². The fourth-order valence-electron chi connectivity index (χ4n) is 4.50. The molecule has 0 bridgehead atoms. The highest BCUT2D eigenvalue weighted by Crippen LogP contribution is 2.40. The third-order valence-corrected chi connectivity index (χ3v) is 6.22. The molecule has 0 saturated heterocycles. The highest BCUT2D eigenvalue weighted by Gasteiger charge is 2.25. The Kier molecular flexibility index (Phi) is 6.41. The number of hydrogen-bond donors (Lipinski definition) is 1. The molecule has 5 heteroatoms. The highest BCUT2D eigenvalue weighted by molar-refractivity contribution is 6.32. The van der Waals surface area contributed by atoms with Crippen molar-refractivity contribution in [2.75, 3.05) is 13.7 Å². The number of halogens is 1. The van der Waals surface area contributed by atoms with E-state index in [9.17, 15) is 0 Å². The maximum absolute atomic E-state index is 6.61. The van der Waals surface area contributed by atoms with E-state index in [1.165, 1.54) is 36.9 Å². The molecule has 2 unspecified atom stereocenters. The number of pyridine rings is 1. The minimum atomic E-state index is -0.0441. The summed E-state index contributed by atoms with van der Waals surface area (Å²) in [6.45, 7) is 2.51. The number of nitrogens with zero attached hydrogens (tertiary/aromatic N) is 1. The highest BCUT2D eigenvalue weighted by atomic mass is 35.5. The number of methoxy groups -OCH3 is 1. The molecule has 0 spiro atoms. The number of ether oxygens (including phenoxy) is 2. The van der Waals surface area contributed by atoms with Gasteiger partial charge < -0.3 is 14.5 Å². The van der Waals surface area contributed by atoms with Crippen LogP contribution in [0.25, 0.3) is 11.0 Å². The Balaban J connectivity index is 1.64. The lowest BCUT2D eigenvalue weighted by Gasteiger charge is -2.22. The van der Waals surface area contributed by atoms with E-state index in [4.69, 9.17) is 21.1 Å². The third kappa shape index (κ3) is 4.76. The molecule has 154 valence electrons. The molecular formula is C24H29ClN2O2. The molecule has 4 nitrogen and oxygen atoms in total. The zero-order chi connectivity index (χ0) is 20.2. The van der Waals surface area contributed by atoms with Crippen LogP contribution in [0, 0.1) is 5.92 Å². The van der Waals surface area contributed by atoms with Crippen LogP contribution >= 0.6 is 11.6 Å². The van der Waals surface area contributed by atoms with Gasteiger partial charge in [-0.3, -0.25) is 0 Å². The van der Waals surface area contributed by atoms with Gasteiger partial charge in [0.05, 0.1) is 11.6 Å². The summed E-state index contributed by atoms with van der Waals surface area (Å²) in [4.78, 5) is 8.03. The topological polar surface area (TPSA) is 47.1 Å². The predicted molar refractivity (Wildman–Crippen MR) is 118 cm³/mol. The summed E-state index contributed by atoms with van der Waals surface area (Å²) < 4.78 is 11.1. The first-order valence-corrected chi connectivity index (χ1v) is 10.9. The van der Waals surface area contributed by atoms with Crippen LogP contribution < -0.4 is 4.74 Å². The summed E-state index contributed by atoms with van der Waals surface area (Å²) >= 11 is 6.61. The fraction of sp³-hybridized carbons (Fsp3) is 0.458. The first-order chi connectivity index (χ1) is 14.1. The maximum Gasteiger partial charge on any atom is 0.138 e. The van der Waals surface area contributed by atoms with Crippen molar-refractivity contribution in [1.29, 1.82) is 0 Å². The zero-order valence-corrected chi connectivity index (χ0v) is 17.9. The molecule has 1 N–H and O–H groups in total. The van der Waals surface area contributed by atoms with Crippen molar-refractivity contribution in [3.8, 4) is 5.75 Å². The second-order valence-corrected chi connectivity index (χ2v) is 8.59. The van der Waals surface area contributed by atoms with Gasteiger partial charge in [-0.05, 0) is 55.2 Å². The Bertz CT molecular complexity index is 916. The predicted octanol–water partition coefficient (Wildman–Crippen LogP) is 6.34. The molecule has 0 aliphatic heterocycles. The lowest BCUT2D eigenvalue weighted by atomic mass is 9.85. The average Bonchev–Trinajstić information content (AvgIpc) is 3.37. The molecule has 1 fully saturated rings. The number of hydrogen-bond acceptors (Lipinski definition) is 3. The summed E-state index contributed by atoms with van der Waals surface area (Å²) in [5.74, 6) is 1.74. The Morgan fingerprint density at radius 3 is 2.76 bits per heavy atom. The molecule has 2 atom stereocenters. The van der Waals surface area contributed by atoms with Gasteiger partial charge in [-0.25, -0.2) is 4.98 Å². The number of nitrogens with one attached hydrogen (secondary N) is 1. The molecule has 2 heterocycles. The van der Waals surface area contributed by atoms with E-state index in [2.05, 4.69) is 34.2 Å². The van der Waals surface area contributed by atoms with Crippen LogP contribution in [-0.4, -0.2) is 29.8 Å². The van der Waals surface area contributed by atoms with Crippen molar-refractivity contribution in [1.82, 2.24) is 9.97 Å². The van der Waals surface area contributed by atoms with Crippen LogP contribution in [0.3, 0.4) is 0 Å². The van der Waals surface area contributed by atoms with Crippen LogP contribution in [-0.2, 0) is 4.74 Å². The Hall–Kier alpha value is -2.04. The van der Waals surface area contributed by atoms with Crippen molar-refractivity contribution in [3.05, 3.63) is 58.9 Å². The summed E-state index contributed by atoms with van der Waals surface area (Å²) in [5.41, 5.74) is 3.38. The Labute approximate surface area is 177 Å². The molecule has 1 aromatic carbocycles. The lowest BCUT2D eigenvalue weighted by molar-refractivity contribution is 0.0921. The first kappa shape index (κ1) is 20.2. The van der Waals surface area contributed by atoms with Gasteiger partial charge in [0.1, 0.15) is 17.5 Å². The van der Waals surface area contributed by atoms with Gasteiger partial charge in [0.2, 0.25) is 0 Å². The van der Waals surface area contributed by atoms with Gasteiger partial charge in [0.25, 0.3) is 0 Å². The number of aromatic amines is 1. The SMILES string of the molecule is COCC(C)Oc1ccc(C(CC2CCCC2)c2cc3cccnc3[nH]2)cc1Cl. The van der Waals surface area contributed by atoms with E-state index in [1.54, 1.807) is 7.11 Å².